The van der Waals surface area contributed by atoms with Gasteiger partial charge >= 0.3 is 0 Å². The van der Waals surface area contributed by atoms with Crippen LogP contribution in [0.2, 0.25) is 0 Å². The molecule has 2 bridgehead atoms. The molecule has 0 aromatic carbocycles. The molecule has 1 aromatic heterocycles. The second kappa shape index (κ2) is 8.02. The van der Waals surface area contributed by atoms with E-state index in [4.69, 9.17) is 0 Å². The molecule has 1 saturated carbocycles. The van der Waals surface area contributed by atoms with Crippen molar-refractivity contribution >= 4 is 17.2 Å². The minimum absolute atomic E-state index is 0.195. The summed E-state index contributed by atoms with van der Waals surface area (Å²) in [5.74, 6) is 1.45. The first kappa shape index (κ1) is 18.5. The van der Waals surface area contributed by atoms with Crippen molar-refractivity contribution in [1.29, 1.82) is 0 Å². The maximum absolute atomic E-state index is 12.8. The van der Waals surface area contributed by atoms with Crippen LogP contribution in [0, 0.1) is 18.8 Å². The standard InChI is InChI=1S/C22H34N2OS/c1-15-13-18-8-9-19(14-15)24(18)12-11-20(21-10-7-16(2)26-21)23-22(25)17-5-3-4-6-17/h7,10,15,17-20H,3-6,8-9,11-14H2,1-2H3,(H,23,25)/t15?,18?,19?,20-/m0/s1. The van der Waals surface area contributed by atoms with Crippen molar-refractivity contribution in [3.63, 3.8) is 0 Å². The Morgan fingerprint density at radius 3 is 2.50 bits per heavy atom. The number of thiophene rings is 1. The molecule has 4 heteroatoms. The van der Waals surface area contributed by atoms with E-state index in [1.165, 1.54) is 48.3 Å². The molecule has 1 aliphatic carbocycles. The molecule has 0 spiro atoms. The number of hydrogen-bond acceptors (Lipinski definition) is 3. The van der Waals surface area contributed by atoms with Crippen molar-refractivity contribution in [3.8, 4) is 0 Å². The molecule has 3 atom stereocenters. The monoisotopic (exact) mass is 374 g/mol. The zero-order chi connectivity index (χ0) is 18.1. The van der Waals surface area contributed by atoms with Gasteiger partial charge in [-0.1, -0.05) is 19.8 Å². The highest BCUT2D eigenvalue weighted by Crippen LogP contribution is 2.39. The Morgan fingerprint density at radius 2 is 1.88 bits per heavy atom. The summed E-state index contributed by atoms with van der Waals surface area (Å²) in [6, 6.07) is 6.20. The van der Waals surface area contributed by atoms with Crippen LogP contribution in [0.5, 0.6) is 0 Å². The fraction of sp³-hybridized carbons (Fsp3) is 0.773. The highest BCUT2D eigenvalue weighted by molar-refractivity contribution is 7.12. The largest absolute Gasteiger partial charge is 0.348 e. The van der Waals surface area contributed by atoms with E-state index in [0.717, 1.165) is 43.8 Å². The van der Waals surface area contributed by atoms with E-state index in [-0.39, 0.29) is 12.0 Å². The maximum atomic E-state index is 12.8. The molecule has 3 heterocycles. The minimum atomic E-state index is 0.195. The van der Waals surface area contributed by atoms with Gasteiger partial charge in [-0.25, -0.2) is 0 Å². The highest BCUT2D eigenvalue weighted by atomic mass is 32.1. The first-order chi connectivity index (χ1) is 12.6. The third kappa shape index (κ3) is 4.01. The summed E-state index contributed by atoms with van der Waals surface area (Å²) < 4.78 is 0. The minimum Gasteiger partial charge on any atom is -0.348 e. The topological polar surface area (TPSA) is 32.3 Å². The summed E-state index contributed by atoms with van der Waals surface area (Å²) >= 11 is 1.85. The third-order valence-corrected chi connectivity index (χ3v) is 8.06. The number of rotatable bonds is 6. The summed E-state index contributed by atoms with van der Waals surface area (Å²) in [6.45, 7) is 5.71. The van der Waals surface area contributed by atoms with E-state index in [0.29, 0.717) is 5.91 Å². The number of carbonyl (C=O) groups is 1. The van der Waals surface area contributed by atoms with E-state index in [2.05, 4.69) is 36.2 Å². The molecule has 1 aromatic rings. The van der Waals surface area contributed by atoms with E-state index in [1.54, 1.807) is 0 Å². The van der Waals surface area contributed by atoms with Gasteiger partial charge < -0.3 is 5.32 Å². The van der Waals surface area contributed by atoms with Gasteiger partial charge in [0.1, 0.15) is 0 Å². The van der Waals surface area contributed by atoms with Crippen LogP contribution in [-0.2, 0) is 4.79 Å². The zero-order valence-corrected chi connectivity index (χ0v) is 17.2. The molecule has 2 aliphatic heterocycles. The van der Waals surface area contributed by atoms with Crippen LogP contribution in [0.25, 0.3) is 0 Å². The summed E-state index contributed by atoms with van der Waals surface area (Å²) in [4.78, 5) is 18.2. The quantitative estimate of drug-likeness (QED) is 0.755. The van der Waals surface area contributed by atoms with Crippen molar-refractivity contribution in [2.75, 3.05) is 6.54 Å². The van der Waals surface area contributed by atoms with E-state index in [1.807, 2.05) is 11.3 Å². The lowest BCUT2D eigenvalue weighted by Crippen LogP contribution is -2.44. The van der Waals surface area contributed by atoms with E-state index < -0.39 is 0 Å². The fourth-order valence-corrected chi connectivity index (χ4v) is 6.56. The smallest absolute Gasteiger partial charge is 0.223 e. The molecule has 3 nitrogen and oxygen atoms in total. The van der Waals surface area contributed by atoms with E-state index in [9.17, 15) is 4.79 Å². The molecule has 26 heavy (non-hydrogen) atoms. The summed E-state index contributed by atoms with van der Waals surface area (Å²) in [5.41, 5.74) is 0. The number of piperidine rings is 1. The Bertz CT molecular complexity index is 607. The van der Waals surface area contributed by atoms with Crippen molar-refractivity contribution < 1.29 is 4.79 Å². The first-order valence-electron chi connectivity index (χ1n) is 10.7. The van der Waals surface area contributed by atoms with Crippen LogP contribution >= 0.6 is 11.3 Å². The molecule has 2 saturated heterocycles. The fourth-order valence-electron chi connectivity index (χ4n) is 5.59. The Hall–Kier alpha value is -0.870. The lowest BCUT2D eigenvalue weighted by Gasteiger charge is -2.38. The van der Waals surface area contributed by atoms with Gasteiger partial charge in [0.15, 0.2) is 0 Å². The number of nitrogens with one attached hydrogen (secondary N) is 1. The number of aryl methyl sites for hydroxylation is 1. The van der Waals surface area contributed by atoms with Crippen LogP contribution < -0.4 is 5.32 Å². The predicted molar refractivity (Wildman–Crippen MR) is 108 cm³/mol. The average Bonchev–Trinajstić information content (AvgIpc) is 3.33. The van der Waals surface area contributed by atoms with Crippen molar-refractivity contribution in [2.24, 2.45) is 11.8 Å². The first-order valence-corrected chi connectivity index (χ1v) is 11.5. The number of nitrogens with zero attached hydrogens (tertiary/aromatic N) is 1. The molecule has 4 rings (SSSR count). The van der Waals surface area contributed by atoms with Gasteiger partial charge in [-0.05, 0) is 69.9 Å². The zero-order valence-electron chi connectivity index (χ0n) is 16.4. The van der Waals surface area contributed by atoms with Crippen LogP contribution in [0.1, 0.15) is 80.5 Å². The number of amides is 1. The second-order valence-electron chi connectivity index (χ2n) is 8.98. The van der Waals surface area contributed by atoms with Crippen LogP contribution in [0.4, 0.5) is 0 Å². The maximum Gasteiger partial charge on any atom is 0.223 e. The number of fused-ring (bicyclic) bond motifs is 2. The van der Waals surface area contributed by atoms with E-state index >= 15 is 0 Å². The Morgan fingerprint density at radius 1 is 1.19 bits per heavy atom. The SMILES string of the molecule is Cc1ccc([C@H](CCN2C3CCC2CC(C)C3)NC(=O)C2CCCC2)s1. The normalized spacial score (nSPS) is 30.6. The molecular formula is C22H34N2OS. The van der Waals surface area contributed by atoms with Crippen molar-refractivity contribution in [3.05, 3.63) is 21.9 Å². The van der Waals surface area contributed by atoms with Crippen molar-refractivity contribution in [1.82, 2.24) is 10.2 Å². The van der Waals surface area contributed by atoms with Gasteiger partial charge in [-0.15, -0.1) is 11.3 Å². The van der Waals surface area contributed by atoms with Crippen LogP contribution in [0.15, 0.2) is 12.1 Å². The van der Waals surface area contributed by atoms with Gasteiger partial charge in [-0.3, -0.25) is 9.69 Å². The van der Waals surface area contributed by atoms with Gasteiger partial charge in [0, 0.05) is 34.3 Å². The second-order valence-corrected chi connectivity index (χ2v) is 10.3. The molecule has 1 amide bonds. The van der Waals surface area contributed by atoms with Crippen LogP contribution in [0.3, 0.4) is 0 Å². The summed E-state index contributed by atoms with van der Waals surface area (Å²) in [6.07, 6.45) is 11.2. The molecule has 2 unspecified atom stereocenters. The van der Waals surface area contributed by atoms with Crippen molar-refractivity contribution in [2.45, 2.75) is 89.8 Å². The summed E-state index contributed by atoms with van der Waals surface area (Å²) in [5, 5.41) is 3.43. The van der Waals surface area contributed by atoms with Gasteiger partial charge in [0.05, 0.1) is 6.04 Å². The lowest BCUT2D eigenvalue weighted by molar-refractivity contribution is -0.125. The highest BCUT2D eigenvalue weighted by Gasteiger charge is 2.39. The van der Waals surface area contributed by atoms with Gasteiger partial charge in [0.2, 0.25) is 5.91 Å². The van der Waals surface area contributed by atoms with Crippen LogP contribution in [-0.4, -0.2) is 29.4 Å². The van der Waals surface area contributed by atoms with Gasteiger partial charge in [0.25, 0.3) is 0 Å². The molecular weight excluding hydrogens is 340 g/mol. The lowest BCUT2D eigenvalue weighted by atomic mass is 9.92. The van der Waals surface area contributed by atoms with Gasteiger partial charge in [-0.2, -0.15) is 0 Å². The Balaban J connectivity index is 1.41. The molecule has 1 N–H and O–H groups in total. The Labute approximate surface area is 162 Å². The predicted octanol–water partition coefficient (Wildman–Crippen LogP) is 5.06. The molecule has 0 radical (unpaired) electrons. The molecule has 144 valence electrons. The summed E-state index contributed by atoms with van der Waals surface area (Å²) in [7, 11) is 0. The molecule has 3 aliphatic rings. The molecule has 3 fully saturated rings. The number of carbonyl (C=O) groups excluding carboxylic acids is 1. The average molecular weight is 375 g/mol. The Kier molecular flexibility index (Phi) is 5.70. The third-order valence-electron chi connectivity index (χ3n) is 6.94. The number of hydrogen-bond donors (Lipinski definition) is 1.